The van der Waals surface area contributed by atoms with E-state index < -0.39 is 12.1 Å². The lowest BCUT2D eigenvalue weighted by molar-refractivity contribution is 0.0821. The lowest BCUT2D eigenvalue weighted by Crippen LogP contribution is -2.50. The highest BCUT2D eigenvalue weighted by Gasteiger charge is 2.44. The van der Waals surface area contributed by atoms with Crippen molar-refractivity contribution in [3.05, 3.63) is 124 Å². The third-order valence-electron chi connectivity index (χ3n) is 8.72. The summed E-state index contributed by atoms with van der Waals surface area (Å²) in [7, 11) is 0. The Balaban J connectivity index is 1.26. The highest BCUT2D eigenvalue weighted by molar-refractivity contribution is 5.94. The SMILES string of the molecule is Cc1cc2cc(n1)OCc1ccccc1COc1cccc(c1)C[C@@H]([C@H](O)CNC1(c3cccc(C(C)C)c3)CC1)NC2=O. The molecule has 3 aromatic carbocycles. The van der Waals surface area contributed by atoms with E-state index in [0.29, 0.717) is 49.2 Å². The second-order valence-corrected chi connectivity index (χ2v) is 12.4. The molecule has 1 saturated carbocycles. The van der Waals surface area contributed by atoms with Gasteiger partial charge in [0.2, 0.25) is 5.88 Å². The zero-order valence-electron chi connectivity index (χ0n) is 25.7. The third kappa shape index (κ3) is 6.95. The number of carbonyl (C=O) groups is 1. The van der Waals surface area contributed by atoms with Gasteiger partial charge in [0, 0.05) is 29.4 Å². The zero-order valence-corrected chi connectivity index (χ0v) is 25.7. The van der Waals surface area contributed by atoms with Crippen molar-refractivity contribution < 1.29 is 19.4 Å². The van der Waals surface area contributed by atoms with Crippen LogP contribution in [-0.2, 0) is 25.2 Å². The standard InChI is InChI=1S/C37H41N3O4/c1-24(2)27-11-7-12-31(19-27)37(14-15-37)38-21-34(41)33-18-26-8-6-13-32(17-26)43-22-28-9-4-5-10-29(28)23-44-35-20-30(36(42)40-33)16-25(3)39-35/h4-13,16-17,19-20,24,33-34,38,41H,14-15,18,21-23H2,1-3H3,(H,40,42)/t33-,34+/m0/s1. The number of rotatable bonds is 6. The van der Waals surface area contributed by atoms with Crippen LogP contribution in [0, 0.1) is 6.92 Å². The van der Waals surface area contributed by atoms with Crippen LogP contribution in [0.25, 0.3) is 0 Å². The molecule has 7 heteroatoms. The van der Waals surface area contributed by atoms with Gasteiger partial charge >= 0.3 is 0 Å². The minimum Gasteiger partial charge on any atom is -0.489 e. The first-order chi connectivity index (χ1) is 21.3. The van der Waals surface area contributed by atoms with Gasteiger partial charge in [0.25, 0.3) is 5.91 Å². The van der Waals surface area contributed by atoms with E-state index in [0.717, 1.165) is 35.3 Å². The maximum absolute atomic E-state index is 13.6. The van der Waals surface area contributed by atoms with Gasteiger partial charge in [-0.3, -0.25) is 4.79 Å². The van der Waals surface area contributed by atoms with Crippen molar-refractivity contribution in [1.29, 1.82) is 0 Å². The highest BCUT2D eigenvalue weighted by Crippen LogP contribution is 2.46. The van der Waals surface area contributed by atoms with E-state index >= 15 is 0 Å². The Morgan fingerprint density at radius 1 is 0.955 bits per heavy atom. The molecule has 1 fully saturated rings. The summed E-state index contributed by atoms with van der Waals surface area (Å²) in [5, 5.41) is 18.4. The summed E-state index contributed by atoms with van der Waals surface area (Å²) in [5.74, 6) is 1.27. The predicted molar refractivity (Wildman–Crippen MR) is 171 cm³/mol. The number of nitrogens with one attached hydrogen (secondary N) is 2. The van der Waals surface area contributed by atoms with E-state index in [1.165, 1.54) is 11.1 Å². The maximum atomic E-state index is 13.6. The molecule has 2 heterocycles. The normalized spacial score (nSPS) is 18.4. The summed E-state index contributed by atoms with van der Waals surface area (Å²) < 4.78 is 12.3. The van der Waals surface area contributed by atoms with Crippen LogP contribution in [0.1, 0.15) is 76.5 Å². The van der Waals surface area contributed by atoms with E-state index in [2.05, 4.69) is 53.7 Å². The largest absolute Gasteiger partial charge is 0.489 e. The van der Waals surface area contributed by atoms with Gasteiger partial charge in [0.05, 0.1) is 12.1 Å². The van der Waals surface area contributed by atoms with Gasteiger partial charge in [-0.15, -0.1) is 0 Å². The number of hydrogen-bond donors (Lipinski definition) is 3. The molecule has 0 spiro atoms. The van der Waals surface area contributed by atoms with Gasteiger partial charge in [-0.2, -0.15) is 0 Å². The Labute approximate surface area is 259 Å². The van der Waals surface area contributed by atoms with Crippen molar-refractivity contribution in [2.24, 2.45) is 0 Å². The topological polar surface area (TPSA) is 92.7 Å². The molecular formula is C37H41N3O4. The molecule has 0 saturated heterocycles. The van der Waals surface area contributed by atoms with Crippen molar-refractivity contribution in [1.82, 2.24) is 15.6 Å². The lowest BCUT2D eigenvalue weighted by atomic mass is 9.95. The van der Waals surface area contributed by atoms with Gasteiger partial charge in [0.1, 0.15) is 19.0 Å². The first-order valence-electron chi connectivity index (χ1n) is 15.5. The molecule has 44 heavy (non-hydrogen) atoms. The van der Waals surface area contributed by atoms with Crippen molar-refractivity contribution in [3.8, 4) is 11.6 Å². The van der Waals surface area contributed by atoms with Crippen LogP contribution in [0.4, 0.5) is 0 Å². The van der Waals surface area contributed by atoms with Gasteiger partial charge in [0.15, 0.2) is 0 Å². The summed E-state index contributed by atoms with van der Waals surface area (Å²) in [5.41, 5.74) is 6.51. The number of ether oxygens (including phenoxy) is 2. The fourth-order valence-electron chi connectivity index (χ4n) is 5.88. The third-order valence-corrected chi connectivity index (χ3v) is 8.72. The quantitative estimate of drug-likeness (QED) is 0.256. The molecule has 2 aliphatic rings. The molecule has 6 rings (SSSR count). The van der Waals surface area contributed by atoms with Crippen LogP contribution in [-0.4, -0.2) is 34.7 Å². The van der Waals surface area contributed by atoms with Crippen LogP contribution in [0.15, 0.2) is 84.9 Å². The molecule has 1 amide bonds. The number of hydrogen-bond acceptors (Lipinski definition) is 6. The van der Waals surface area contributed by atoms with Crippen molar-refractivity contribution in [2.45, 2.75) is 76.9 Å². The number of pyridine rings is 1. The summed E-state index contributed by atoms with van der Waals surface area (Å²) in [6, 6.07) is 27.5. The number of carbonyl (C=O) groups excluding carboxylic acids is 1. The minimum absolute atomic E-state index is 0.146. The number of amides is 1. The Morgan fingerprint density at radius 2 is 1.70 bits per heavy atom. The lowest BCUT2D eigenvalue weighted by Gasteiger charge is -2.28. The summed E-state index contributed by atoms with van der Waals surface area (Å²) in [6.45, 7) is 7.28. The molecule has 0 radical (unpaired) electrons. The second kappa shape index (κ2) is 12.8. The number of aliphatic hydroxyl groups is 1. The monoisotopic (exact) mass is 591 g/mol. The average molecular weight is 592 g/mol. The number of aryl methyl sites for hydroxylation is 1. The Hall–Kier alpha value is -4.20. The molecule has 1 aliphatic heterocycles. The van der Waals surface area contributed by atoms with Crippen molar-refractivity contribution in [2.75, 3.05) is 6.54 Å². The highest BCUT2D eigenvalue weighted by atomic mass is 16.5. The van der Waals surface area contributed by atoms with E-state index in [1.807, 2.05) is 55.5 Å². The molecule has 1 aromatic heterocycles. The van der Waals surface area contributed by atoms with Crippen LogP contribution in [0.3, 0.4) is 0 Å². The first kappa shape index (κ1) is 29.9. The fraction of sp³-hybridized carbons (Fsp3) is 0.351. The fourth-order valence-corrected chi connectivity index (χ4v) is 5.88. The number of aliphatic hydroxyl groups excluding tert-OH is 1. The number of nitrogens with zero attached hydrogens (tertiary/aromatic N) is 1. The van der Waals surface area contributed by atoms with Crippen molar-refractivity contribution in [3.63, 3.8) is 0 Å². The maximum Gasteiger partial charge on any atom is 0.251 e. The summed E-state index contributed by atoms with van der Waals surface area (Å²) in [4.78, 5) is 18.2. The molecular weight excluding hydrogens is 550 g/mol. The first-order valence-corrected chi connectivity index (χ1v) is 15.5. The number of aromatic nitrogens is 1. The molecule has 1 aliphatic carbocycles. The van der Waals surface area contributed by atoms with Crippen molar-refractivity contribution >= 4 is 5.91 Å². The van der Waals surface area contributed by atoms with E-state index in [4.69, 9.17) is 9.47 Å². The molecule has 2 atom stereocenters. The zero-order chi connectivity index (χ0) is 30.7. The Kier molecular flexibility index (Phi) is 8.69. The Bertz CT molecular complexity index is 1630. The molecule has 0 unspecified atom stereocenters. The van der Waals surface area contributed by atoms with Crippen LogP contribution >= 0.6 is 0 Å². The Morgan fingerprint density at radius 3 is 2.45 bits per heavy atom. The second-order valence-electron chi connectivity index (χ2n) is 12.4. The average Bonchev–Trinajstić information content (AvgIpc) is 3.82. The molecule has 3 N–H and O–H groups in total. The number of benzene rings is 3. The smallest absolute Gasteiger partial charge is 0.251 e. The minimum atomic E-state index is -0.835. The van der Waals surface area contributed by atoms with E-state index in [1.54, 1.807) is 12.1 Å². The summed E-state index contributed by atoms with van der Waals surface area (Å²) >= 11 is 0. The molecule has 228 valence electrons. The van der Waals surface area contributed by atoms with E-state index in [-0.39, 0.29) is 11.4 Å². The van der Waals surface area contributed by atoms with Gasteiger partial charge in [-0.25, -0.2) is 4.98 Å². The van der Waals surface area contributed by atoms with Crippen LogP contribution in [0.2, 0.25) is 0 Å². The number of fused-ring (bicyclic) bond motifs is 5. The van der Waals surface area contributed by atoms with Gasteiger partial charge in [-0.1, -0.05) is 74.5 Å². The molecule has 4 bridgehead atoms. The molecule has 4 aromatic rings. The van der Waals surface area contributed by atoms with Crippen LogP contribution in [0.5, 0.6) is 11.6 Å². The molecule has 7 nitrogen and oxygen atoms in total. The predicted octanol–water partition coefficient (Wildman–Crippen LogP) is 5.97. The van der Waals surface area contributed by atoms with Gasteiger partial charge in [-0.05, 0) is 78.1 Å². The van der Waals surface area contributed by atoms with Crippen LogP contribution < -0.4 is 20.1 Å². The van der Waals surface area contributed by atoms with Gasteiger partial charge < -0.3 is 25.2 Å². The van der Waals surface area contributed by atoms with E-state index in [9.17, 15) is 9.90 Å². The summed E-state index contributed by atoms with van der Waals surface area (Å²) in [6.07, 6.45) is 1.63.